The van der Waals surface area contributed by atoms with Crippen LogP contribution in [0, 0.1) is 5.92 Å². The molecule has 102 valence electrons. The minimum atomic E-state index is -2.86. The Labute approximate surface area is 111 Å². The van der Waals surface area contributed by atoms with Gasteiger partial charge < -0.3 is 10.1 Å². The third-order valence-electron chi connectivity index (χ3n) is 2.58. The van der Waals surface area contributed by atoms with Crippen LogP contribution in [0.4, 0.5) is 14.5 Å². The van der Waals surface area contributed by atoms with Gasteiger partial charge in [0.2, 0.25) is 0 Å². The molecule has 5 heteroatoms. The standard InChI is InChI=1S/C13H18ClF2NO/c1-3-4-9(2)8-17-10-5-6-12(11(14)7-10)18-13(15)16/h5-7,9,13,17H,3-4,8H2,1-2H3. The summed E-state index contributed by atoms with van der Waals surface area (Å²) in [7, 11) is 0. The van der Waals surface area contributed by atoms with Crippen LogP contribution in [0.25, 0.3) is 0 Å². The molecule has 1 atom stereocenters. The molecule has 0 heterocycles. The molecule has 1 rings (SSSR count). The van der Waals surface area contributed by atoms with Crippen molar-refractivity contribution in [1.29, 1.82) is 0 Å². The Morgan fingerprint density at radius 3 is 2.67 bits per heavy atom. The number of anilines is 1. The molecule has 0 aliphatic rings. The molecule has 18 heavy (non-hydrogen) atoms. The van der Waals surface area contributed by atoms with Crippen molar-refractivity contribution in [3.05, 3.63) is 23.2 Å². The second-order valence-corrected chi connectivity index (χ2v) is 4.71. The lowest BCUT2D eigenvalue weighted by atomic mass is 10.1. The molecule has 0 saturated heterocycles. The van der Waals surface area contributed by atoms with E-state index in [2.05, 4.69) is 23.9 Å². The maximum Gasteiger partial charge on any atom is 0.387 e. The molecule has 0 amide bonds. The predicted molar refractivity (Wildman–Crippen MR) is 70.6 cm³/mol. The zero-order valence-electron chi connectivity index (χ0n) is 10.6. The van der Waals surface area contributed by atoms with E-state index in [4.69, 9.17) is 11.6 Å². The first-order valence-electron chi connectivity index (χ1n) is 6.01. The number of benzene rings is 1. The molecule has 0 radical (unpaired) electrons. The molecular formula is C13H18ClF2NO. The van der Waals surface area contributed by atoms with Gasteiger partial charge in [0.05, 0.1) is 5.02 Å². The first-order valence-corrected chi connectivity index (χ1v) is 6.39. The summed E-state index contributed by atoms with van der Waals surface area (Å²) < 4.78 is 28.4. The fourth-order valence-electron chi connectivity index (χ4n) is 1.69. The zero-order chi connectivity index (χ0) is 13.5. The van der Waals surface area contributed by atoms with Crippen LogP contribution in [0.1, 0.15) is 26.7 Å². The Hall–Kier alpha value is -1.03. The van der Waals surface area contributed by atoms with E-state index < -0.39 is 6.61 Å². The Morgan fingerprint density at radius 1 is 1.39 bits per heavy atom. The van der Waals surface area contributed by atoms with E-state index in [1.807, 2.05) is 0 Å². The summed E-state index contributed by atoms with van der Waals surface area (Å²) >= 11 is 5.85. The van der Waals surface area contributed by atoms with Crippen LogP contribution in [0.3, 0.4) is 0 Å². The molecule has 1 unspecified atom stereocenters. The maximum atomic E-state index is 12.0. The lowest BCUT2D eigenvalue weighted by molar-refractivity contribution is -0.0497. The Bertz CT molecular complexity index is 374. The molecule has 2 nitrogen and oxygen atoms in total. The summed E-state index contributed by atoms with van der Waals surface area (Å²) in [4.78, 5) is 0. The summed E-state index contributed by atoms with van der Waals surface area (Å²) in [6, 6.07) is 4.72. The third kappa shape index (κ3) is 5.08. The Balaban J connectivity index is 2.56. The predicted octanol–water partition coefficient (Wildman–Crippen LogP) is 4.79. The monoisotopic (exact) mass is 277 g/mol. The Kier molecular flexibility index (Phi) is 6.19. The number of ether oxygens (including phenoxy) is 1. The first kappa shape index (κ1) is 15.0. The van der Waals surface area contributed by atoms with E-state index in [0.717, 1.165) is 25.1 Å². The van der Waals surface area contributed by atoms with Crippen molar-refractivity contribution in [2.75, 3.05) is 11.9 Å². The summed E-state index contributed by atoms with van der Waals surface area (Å²) in [5.41, 5.74) is 0.810. The molecule has 0 spiro atoms. The van der Waals surface area contributed by atoms with Gasteiger partial charge in [-0.2, -0.15) is 8.78 Å². The van der Waals surface area contributed by atoms with Crippen molar-refractivity contribution in [2.45, 2.75) is 33.3 Å². The number of nitrogens with one attached hydrogen (secondary N) is 1. The van der Waals surface area contributed by atoms with Gasteiger partial charge in [-0.1, -0.05) is 31.9 Å². The van der Waals surface area contributed by atoms with Crippen molar-refractivity contribution in [3.8, 4) is 5.75 Å². The highest BCUT2D eigenvalue weighted by Crippen LogP contribution is 2.29. The van der Waals surface area contributed by atoms with Crippen molar-refractivity contribution >= 4 is 17.3 Å². The van der Waals surface area contributed by atoms with Crippen molar-refractivity contribution in [1.82, 2.24) is 0 Å². The van der Waals surface area contributed by atoms with Gasteiger partial charge in [0.15, 0.2) is 0 Å². The summed E-state index contributed by atoms with van der Waals surface area (Å²) in [5, 5.41) is 3.41. The van der Waals surface area contributed by atoms with Gasteiger partial charge >= 0.3 is 6.61 Å². The normalized spacial score (nSPS) is 12.6. The average molecular weight is 278 g/mol. The molecule has 1 aromatic carbocycles. The minimum Gasteiger partial charge on any atom is -0.433 e. The maximum absolute atomic E-state index is 12.0. The lowest BCUT2D eigenvalue weighted by Crippen LogP contribution is -2.11. The zero-order valence-corrected chi connectivity index (χ0v) is 11.3. The molecule has 0 aromatic heterocycles. The molecule has 1 N–H and O–H groups in total. The van der Waals surface area contributed by atoms with Crippen LogP contribution in [-0.2, 0) is 0 Å². The molecule has 0 saturated carbocycles. The van der Waals surface area contributed by atoms with Crippen LogP contribution in [-0.4, -0.2) is 13.2 Å². The molecular weight excluding hydrogens is 260 g/mol. The fraction of sp³-hybridized carbons (Fsp3) is 0.538. The molecule has 0 fully saturated rings. The summed E-state index contributed by atoms with van der Waals surface area (Å²) in [5.74, 6) is 0.560. The van der Waals surface area contributed by atoms with Crippen LogP contribution >= 0.6 is 11.6 Å². The van der Waals surface area contributed by atoms with Crippen molar-refractivity contribution in [2.24, 2.45) is 5.92 Å². The third-order valence-corrected chi connectivity index (χ3v) is 2.88. The summed E-state index contributed by atoms with van der Waals surface area (Å²) in [6.07, 6.45) is 2.29. The van der Waals surface area contributed by atoms with Crippen molar-refractivity contribution in [3.63, 3.8) is 0 Å². The van der Waals surface area contributed by atoms with E-state index >= 15 is 0 Å². The van der Waals surface area contributed by atoms with Crippen LogP contribution in [0.15, 0.2) is 18.2 Å². The topological polar surface area (TPSA) is 21.3 Å². The van der Waals surface area contributed by atoms with E-state index in [0.29, 0.717) is 5.92 Å². The quantitative estimate of drug-likeness (QED) is 0.774. The van der Waals surface area contributed by atoms with Gasteiger partial charge in [-0.15, -0.1) is 0 Å². The SMILES string of the molecule is CCCC(C)CNc1ccc(OC(F)F)c(Cl)c1. The largest absolute Gasteiger partial charge is 0.433 e. The van der Waals surface area contributed by atoms with Crippen LogP contribution in [0.5, 0.6) is 5.75 Å². The second-order valence-electron chi connectivity index (χ2n) is 4.30. The molecule has 0 aliphatic heterocycles. The highest BCUT2D eigenvalue weighted by atomic mass is 35.5. The van der Waals surface area contributed by atoms with Gasteiger partial charge in [0.1, 0.15) is 5.75 Å². The summed E-state index contributed by atoms with van der Waals surface area (Å²) in [6.45, 7) is 2.28. The lowest BCUT2D eigenvalue weighted by Gasteiger charge is -2.14. The van der Waals surface area contributed by atoms with E-state index in [1.165, 1.54) is 6.07 Å². The minimum absolute atomic E-state index is 0.00109. The highest BCUT2D eigenvalue weighted by molar-refractivity contribution is 6.32. The first-order chi connectivity index (χ1) is 8.52. The van der Waals surface area contributed by atoms with Gasteiger partial charge in [-0.3, -0.25) is 0 Å². The van der Waals surface area contributed by atoms with Crippen LogP contribution in [0.2, 0.25) is 5.02 Å². The number of rotatable bonds is 7. The van der Waals surface area contributed by atoms with E-state index in [9.17, 15) is 8.78 Å². The number of hydrogen-bond donors (Lipinski definition) is 1. The average Bonchev–Trinajstić information content (AvgIpc) is 2.29. The molecule has 0 bridgehead atoms. The molecule has 1 aromatic rings. The highest BCUT2D eigenvalue weighted by Gasteiger charge is 2.09. The number of hydrogen-bond acceptors (Lipinski definition) is 2. The number of halogens is 3. The fourth-order valence-corrected chi connectivity index (χ4v) is 1.91. The Morgan fingerprint density at radius 2 is 2.11 bits per heavy atom. The molecule has 0 aliphatic carbocycles. The second kappa shape index (κ2) is 7.41. The van der Waals surface area contributed by atoms with E-state index in [1.54, 1.807) is 12.1 Å². The van der Waals surface area contributed by atoms with E-state index in [-0.39, 0.29) is 10.8 Å². The smallest absolute Gasteiger partial charge is 0.387 e. The van der Waals surface area contributed by atoms with Gasteiger partial charge in [-0.25, -0.2) is 0 Å². The van der Waals surface area contributed by atoms with Gasteiger partial charge in [0, 0.05) is 12.2 Å². The van der Waals surface area contributed by atoms with Gasteiger partial charge in [-0.05, 0) is 30.5 Å². The van der Waals surface area contributed by atoms with Crippen LogP contribution < -0.4 is 10.1 Å². The van der Waals surface area contributed by atoms with Gasteiger partial charge in [0.25, 0.3) is 0 Å². The number of alkyl halides is 2. The van der Waals surface area contributed by atoms with Crippen molar-refractivity contribution < 1.29 is 13.5 Å².